The number of nitrogens with one attached hydrogen (secondary N) is 2. The molecule has 274 valence electrons. The Bertz CT molecular complexity index is 1440. The van der Waals surface area contributed by atoms with Gasteiger partial charge in [-0.05, 0) is 76.8 Å². The van der Waals surface area contributed by atoms with Crippen molar-refractivity contribution in [2.45, 2.75) is 127 Å². The SMILES string of the molecule is CN(CCCNC(=O)C1=CN2C3CC4CCCCC4CC3OC3C(N4CCC(NC(=O)OC(C)(C)C)C4)C(F)CC(C1=O)C32)c1ccccc1. The van der Waals surface area contributed by atoms with Gasteiger partial charge in [0.25, 0.3) is 5.91 Å². The van der Waals surface area contributed by atoms with E-state index in [-0.39, 0.29) is 47.9 Å². The summed E-state index contributed by atoms with van der Waals surface area (Å²) in [5, 5.41) is 6.00. The van der Waals surface area contributed by atoms with E-state index in [9.17, 15) is 14.4 Å². The number of hydrogen-bond acceptors (Lipinski definition) is 8. The van der Waals surface area contributed by atoms with E-state index in [1.165, 1.54) is 25.7 Å². The molecule has 0 radical (unpaired) electrons. The molecule has 10 atom stereocenters. The summed E-state index contributed by atoms with van der Waals surface area (Å²) < 4.78 is 29.1. The first kappa shape index (κ1) is 35.2. The van der Waals surface area contributed by atoms with Crippen molar-refractivity contribution in [1.82, 2.24) is 20.4 Å². The maximum absolute atomic E-state index is 16.6. The fourth-order valence-corrected chi connectivity index (χ4v) is 9.94. The van der Waals surface area contributed by atoms with Crippen molar-refractivity contribution in [1.29, 1.82) is 0 Å². The molecule has 2 saturated heterocycles. The maximum Gasteiger partial charge on any atom is 0.407 e. The molecule has 3 aliphatic carbocycles. The highest BCUT2D eigenvalue weighted by atomic mass is 19.1. The number of halogens is 1. The molecule has 0 spiro atoms. The summed E-state index contributed by atoms with van der Waals surface area (Å²) >= 11 is 0. The molecule has 11 heteroatoms. The number of morpholine rings is 1. The highest BCUT2D eigenvalue weighted by molar-refractivity contribution is 6.20. The van der Waals surface area contributed by atoms with Crippen LogP contribution in [0, 0.1) is 17.8 Å². The molecule has 0 bridgehead atoms. The second kappa shape index (κ2) is 14.4. The maximum atomic E-state index is 16.6. The Morgan fingerprint density at radius 2 is 1.78 bits per heavy atom. The summed E-state index contributed by atoms with van der Waals surface area (Å²) in [4.78, 5) is 47.0. The number of para-hydroxylation sites is 1. The van der Waals surface area contributed by atoms with Crippen LogP contribution in [0.1, 0.15) is 78.6 Å². The van der Waals surface area contributed by atoms with E-state index in [2.05, 4.69) is 37.5 Å². The Balaban J connectivity index is 1.09. The average molecular weight is 694 g/mol. The molecule has 0 aromatic heterocycles. The van der Waals surface area contributed by atoms with Gasteiger partial charge in [-0.1, -0.05) is 43.9 Å². The smallest absolute Gasteiger partial charge is 0.407 e. The molecule has 1 aromatic carbocycles. The lowest BCUT2D eigenvalue weighted by Gasteiger charge is -2.61. The highest BCUT2D eigenvalue weighted by Crippen LogP contribution is 2.51. The fraction of sp³-hybridized carbons (Fsp3) is 0.718. The minimum atomic E-state index is -1.30. The van der Waals surface area contributed by atoms with E-state index in [0.717, 1.165) is 31.5 Å². The molecule has 10 nitrogen and oxygen atoms in total. The lowest BCUT2D eigenvalue weighted by molar-refractivity contribution is -0.219. The van der Waals surface area contributed by atoms with E-state index in [1.54, 1.807) is 0 Å². The number of benzene rings is 1. The molecule has 6 aliphatic rings. The van der Waals surface area contributed by atoms with Gasteiger partial charge in [0, 0.05) is 57.1 Å². The third kappa shape index (κ3) is 7.27. The highest BCUT2D eigenvalue weighted by Gasteiger charge is 2.61. The van der Waals surface area contributed by atoms with Crippen molar-refractivity contribution in [3.63, 3.8) is 0 Å². The van der Waals surface area contributed by atoms with Gasteiger partial charge in [-0.15, -0.1) is 0 Å². The number of Topliss-reactive ketones (excluding diaryl/α,β-unsaturated/α-hetero) is 1. The quantitative estimate of drug-likeness (QED) is 0.295. The Labute approximate surface area is 296 Å². The van der Waals surface area contributed by atoms with Gasteiger partial charge in [0.15, 0.2) is 5.78 Å². The predicted octanol–water partition coefficient (Wildman–Crippen LogP) is 4.83. The van der Waals surface area contributed by atoms with Crippen LogP contribution in [0.3, 0.4) is 0 Å². The topological polar surface area (TPSA) is 103 Å². The molecular formula is C39H56FN5O5. The first-order valence-corrected chi connectivity index (χ1v) is 19.1. The third-order valence-electron chi connectivity index (χ3n) is 12.2. The molecule has 1 aromatic rings. The minimum Gasteiger partial charge on any atom is -0.444 e. The predicted molar refractivity (Wildman–Crippen MR) is 189 cm³/mol. The molecule has 10 unspecified atom stereocenters. The number of carbonyl (C=O) groups excluding carboxylic acids is 3. The van der Waals surface area contributed by atoms with Crippen LogP contribution in [-0.4, -0.2) is 109 Å². The Kier molecular flexibility index (Phi) is 10.2. The zero-order chi connectivity index (χ0) is 35.2. The lowest BCUT2D eigenvalue weighted by atomic mass is 9.64. The number of ketones is 1. The number of amides is 2. The van der Waals surface area contributed by atoms with E-state index in [1.807, 2.05) is 52.2 Å². The van der Waals surface area contributed by atoms with E-state index in [0.29, 0.717) is 37.9 Å². The van der Waals surface area contributed by atoms with Crippen LogP contribution < -0.4 is 15.5 Å². The molecular weight excluding hydrogens is 637 g/mol. The van der Waals surface area contributed by atoms with Gasteiger partial charge >= 0.3 is 6.09 Å². The van der Waals surface area contributed by atoms with Gasteiger partial charge in [0.2, 0.25) is 0 Å². The van der Waals surface area contributed by atoms with Crippen molar-refractivity contribution in [2.24, 2.45) is 17.8 Å². The molecule has 2 amide bonds. The zero-order valence-electron chi connectivity index (χ0n) is 30.2. The van der Waals surface area contributed by atoms with Crippen molar-refractivity contribution >= 4 is 23.5 Å². The van der Waals surface area contributed by atoms with Gasteiger partial charge in [0.05, 0.1) is 35.9 Å². The number of ether oxygens (including phenoxy) is 2. The van der Waals surface area contributed by atoms with Crippen LogP contribution in [-0.2, 0) is 19.1 Å². The lowest BCUT2D eigenvalue weighted by Crippen LogP contribution is -2.73. The number of anilines is 1. The van der Waals surface area contributed by atoms with Crippen LogP contribution in [0.2, 0.25) is 0 Å². The number of nitrogens with zero attached hydrogens (tertiary/aromatic N) is 3. The van der Waals surface area contributed by atoms with E-state index >= 15 is 4.39 Å². The van der Waals surface area contributed by atoms with Crippen molar-refractivity contribution < 1.29 is 28.2 Å². The third-order valence-corrected chi connectivity index (χ3v) is 12.2. The summed E-state index contributed by atoms with van der Waals surface area (Å²) in [6, 6.07) is 9.15. The summed E-state index contributed by atoms with van der Waals surface area (Å²) in [5.41, 5.74) is 0.661. The zero-order valence-corrected chi connectivity index (χ0v) is 30.2. The standard InChI is InChI=1S/C39H56FN5O5/c1-39(2,3)50-38(48)42-26-15-18-44(22-26)34-30(40)21-28-33-36(34)49-32-20-25-12-9-8-11-24(25)19-31(32)45(33)23-29(35(28)46)37(47)41-16-10-17-43(4)27-13-6-5-7-14-27/h5-7,13-14,23-26,28,30-34,36H,8-12,15-22H2,1-4H3,(H,41,47)(H,42,48). The first-order valence-electron chi connectivity index (χ1n) is 19.1. The van der Waals surface area contributed by atoms with Gasteiger partial charge in [-0.3, -0.25) is 14.5 Å². The summed E-state index contributed by atoms with van der Waals surface area (Å²) in [6.45, 7) is 7.82. The number of fused-ring (bicyclic) bond motifs is 3. The average Bonchev–Trinajstić information content (AvgIpc) is 3.53. The second-order valence-electron chi connectivity index (χ2n) is 16.7. The molecule has 3 heterocycles. The number of alkyl halides is 1. The van der Waals surface area contributed by atoms with Crippen LogP contribution in [0.15, 0.2) is 42.1 Å². The van der Waals surface area contributed by atoms with Gasteiger partial charge < -0.3 is 29.9 Å². The van der Waals surface area contributed by atoms with Crippen molar-refractivity contribution in [3.8, 4) is 0 Å². The Morgan fingerprint density at radius 3 is 2.52 bits per heavy atom. The largest absolute Gasteiger partial charge is 0.444 e. The van der Waals surface area contributed by atoms with E-state index in [4.69, 9.17) is 9.47 Å². The molecule has 7 rings (SSSR count). The first-order chi connectivity index (χ1) is 24.0. The molecule has 50 heavy (non-hydrogen) atoms. The number of likely N-dealkylation sites (tertiary alicyclic amines) is 1. The van der Waals surface area contributed by atoms with E-state index < -0.39 is 35.9 Å². The molecule has 3 saturated carbocycles. The number of carbonyl (C=O) groups is 3. The fourth-order valence-electron chi connectivity index (χ4n) is 9.94. The van der Waals surface area contributed by atoms with Crippen molar-refractivity contribution in [3.05, 3.63) is 42.1 Å². The molecule has 2 N–H and O–H groups in total. The summed E-state index contributed by atoms with van der Waals surface area (Å²) in [6.07, 6.45) is 7.76. The van der Waals surface area contributed by atoms with Gasteiger partial charge in [0.1, 0.15) is 11.8 Å². The van der Waals surface area contributed by atoms with Crippen molar-refractivity contribution in [2.75, 3.05) is 38.1 Å². The van der Waals surface area contributed by atoms with Gasteiger partial charge in [-0.2, -0.15) is 0 Å². The molecule has 5 fully saturated rings. The number of alkyl carbamates (subject to hydrolysis) is 1. The van der Waals surface area contributed by atoms with Gasteiger partial charge in [-0.25, -0.2) is 9.18 Å². The van der Waals surface area contributed by atoms with Crippen LogP contribution >= 0.6 is 0 Å². The molecule has 3 aliphatic heterocycles. The minimum absolute atomic E-state index is 0.0567. The van der Waals surface area contributed by atoms with Crippen LogP contribution in [0.5, 0.6) is 0 Å². The van der Waals surface area contributed by atoms with Crippen LogP contribution in [0.4, 0.5) is 14.9 Å². The Hall–Kier alpha value is -3.18. The number of hydrogen-bond donors (Lipinski definition) is 2. The summed E-state index contributed by atoms with van der Waals surface area (Å²) in [5.74, 6) is -0.0722. The Morgan fingerprint density at radius 1 is 1.04 bits per heavy atom. The summed E-state index contributed by atoms with van der Waals surface area (Å²) in [7, 11) is 2.03. The normalized spacial score (nSPS) is 35.3. The number of rotatable bonds is 8. The van der Waals surface area contributed by atoms with Crippen LogP contribution in [0.25, 0.3) is 0 Å². The monoisotopic (exact) mass is 693 g/mol. The second-order valence-corrected chi connectivity index (χ2v) is 16.7.